The molecular formula is C16H22N4. The second kappa shape index (κ2) is 5.65. The Balaban J connectivity index is 1.78. The van der Waals surface area contributed by atoms with Gasteiger partial charge in [0.1, 0.15) is 6.33 Å². The van der Waals surface area contributed by atoms with Crippen LogP contribution in [0.1, 0.15) is 45.1 Å². The van der Waals surface area contributed by atoms with Gasteiger partial charge in [0.15, 0.2) is 5.82 Å². The highest BCUT2D eigenvalue weighted by molar-refractivity contribution is 5.57. The van der Waals surface area contributed by atoms with Crippen LogP contribution in [0.4, 0.5) is 5.69 Å². The Morgan fingerprint density at radius 1 is 1.25 bits per heavy atom. The molecule has 2 aromatic rings. The van der Waals surface area contributed by atoms with Crippen LogP contribution in [-0.2, 0) is 0 Å². The van der Waals surface area contributed by atoms with E-state index in [2.05, 4.69) is 21.7 Å². The third-order valence-electron chi connectivity index (χ3n) is 4.38. The SMILES string of the molecule is CCC1CCCC(n2cnc(-c3ccc(N)cc3)n2)C1. The van der Waals surface area contributed by atoms with Crippen molar-refractivity contribution in [2.45, 2.75) is 45.1 Å². The van der Waals surface area contributed by atoms with Crippen LogP contribution in [0.5, 0.6) is 0 Å². The third-order valence-corrected chi connectivity index (χ3v) is 4.38. The van der Waals surface area contributed by atoms with Crippen molar-refractivity contribution < 1.29 is 0 Å². The summed E-state index contributed by atoms with van der Waals surface area (Å²) in [5.41, 5.74) is 7.51. The lowest BCUT2D eigenvalue weighted by Gasteiger charge is -2.28. The molecule has 20 heavy (non-hydrogen) atoms. The minimum absolute atomic E-state index is 0.517. The summed E-state index contributed by atoms with van der Waals surface area (Å²) in [6.45, 7) is 2.29. The fourth-order valence-electron chi connectivity index (χ4n) is 3.09. The van der Waals surface area contributed by atoms with E-state index in [0.29, 0.717) is 6.04 Å². The van der Waals surface area contributed by atoms with Crippen LogP contribution in [0.15, 0.2) is 30.6 Å². The number of nitrogen functional groups attached to an aromatic ring is 1. The van der Waals surface area contributed by atoms with E-state index in [0.717, 1.165) is 23.0 Å². The number of anilines is 1. The van der Waals surface area contributed by atoms with Crippen molar-refractivity contribution in [3.63, 3.8) is 0 Å². The van der Waals surface area contributed by atoms with Gasteiger partial charge in [0.2, 0.25) is 0 Å². The second-order valence-corrected chi connectivity index (χ2v) is 5.76. The van der Waals surface area contributed by atoms with Crippen LogP contribution >= 0.6 is 0 Å². The summed E-state index contributed by atoms with van der Waals surface area (Å²) in [5, 5.41) is 4.67. The zero-order valence-corrected chi connectivity index (χ0v) is 12.0. The summed E-state index contributed by atoms with van der Waals surface area (Å²) < 4.78 is 2.06. The van der Waals surface area contributed by atoms with Gasteiger partial charge in [-0.2, -0.15) is 5.10 Å². The van der Waals surface area contributed by atoms with Crippen LogP contribution in [0.25, 0.3) is 11.4 Å². The number of hydrogen-bond donors (Lipinski definition) is 1. The molecule has 0 aliphatic heterocycles. The van der Waals surface area contributed by atoms with Crippen molar-refractivity contribution in [1.82, 2.24) is 14.8 Å². The smallest absolute Gasteiger partial charge is 0.181 e. The summed E-state index contributed by atoms with van der Waals surface area (Å²) in [6, 6.07) is 8.26. The minimum atomic E-state index is 0.517. The highest BCUT2D eigenvalue weighted by atomic mass is 15.3. The topological polar surface area (TPSA) is 56.7 Å². The molecular weight excluding hydrogens is 248 g/mol. The zero-order valence-electron chi connectivity index (χ0n) is 12.0. The Hall–Kier alpha value is -1.84. The van der Waals surface area contributed by atoms with E-state index in [-0.39, 0.29) is 0 Å². The van der Waals surface area contributed by atoms with Crippen LogP contribution < -0.4 is 5.73 Å². The summed E-state index contributed by atoms with van der Waals surface area (Å²) >= 11 is 0. The molecule has 1 aromatic carbocycles. The molecule has 2 atom stereocenters. The maximum atomic E-state index is 5.71. The fourth-order valence-corrected chi connectivity index (χ4v) is 3.09. The first kappa shape index (κ1) is 13.2. The largest absolute Gasteiger partial charge is 0.399 e. The quantitative estimate of drug-likeness (QED) is 0.866. The molecule has 3 rings (SSSR count). The average molecular weight is 270 g/mol. The van der Waals surface area contributed by atoms with Gasteiger partial charge in [0.05, 0.1) is 6.04 Å². The van der Waals surface area contributed by atoms with E-state index < -0.39 is 0 Å². The summed E-state index contributed by atoms with van der Waals surface area (Å²) in [7, 11) is 0. The average Bonchev–Trinajstić information content (AvgIpc) is 2.98. The Morgan fingerprint density at radius 2 is 2.05 bits per heavy atom. The molecule has 0 amide bonds. The highest BCUT2D eigenvalue weighted by Crippen LogP contribution is 2.33. The Kier molecular flexibility index (Phi) is 3.72. The second-order valence-electron chi connectivity index (χ2n) is 5.76. The molecule has 4 nitrogen and oxygen atoms in total. The number of rotatable bonds is 3. The Morgan fingerprint density at radius 3 is 2.80 bits per heavy atom. The van der Waals surface area contributed by atoms with Crippen LogP contribution in [0.2, 0.25) is 0 Å². The molecule has 1 saturated carbocycles. The molecule has 2 N–H and O–H groups in total. The Labute approximate surface area is 120 Å². The van der Waals surface area contributed by atoms with Gasteiger partial charge >= 0.3 is 0 Å². The Bertz CT molecular complexity index is 558. The molecule has 0 saturated heterocycles. The lowest BCUT2D eigenvalue weighted by Crippen LogP contribution is -2.19. The molecule has 1 aliphatic carbocycles. The molecule has 4 heteroatoms. The minimum Gasteiger partial charge on any atom is -0.399 e. The fraction of sp³-hybridized carbons (Fsp3) is 0.500. The molecule has 0 bridgehead atoms. The predicted octanol–water partition coefficient (Wildman–Crippen LogP) is 3.67. The zero-order chi connectivity index (χ0) is 13.9. The van der Waals surface area contributed by atoms with Gasteiger partial charge in [-0.3, -0.25) is 0 Å². The van der Waals surface area contributed by atoms with Crippen molar-refractivity contribution in [1.29, 1.82) is 0 Å². The van der Waals surface area contributed by atoms with Gasteiger partial charge in [0.25, 0.3) is 0 Å². The third kappa shape index (κ3) is 2.69. The normalized spacial score (nSPS) is 22.9. The van der Waals surface area contributed by atoms with Gasteiger partial charge in [-0.05, 0) is 43.0 Å². The summed E-state index contributed by atoms with van der Waals surface area (Å²) in [5.74, 6) is 1.64. The molecule has 1 aliphatic rings. The maximum Gasteiger partial charge on any atom is 0.181 e. The molecule has 1 fully saturated rings. The van der Waals surface area contributed by atoms with Crippen molar-refractivity contribution in [2.75, 3.05) is 5.73 Å². The van der Waals surface area contributed by atoms with E-state index in [1.165, 1.54) is 32.1 Å². The maximum absolute atomic E-state index is 5.71. The van der Waals surface area contributed by atoms with Crippen LogP contribution in [-0.4, -0.2) is 14.8 Å². The lowest BCUT2D eigenvalue weighted by atomic mass is 9.84. The van der Waals surface area contributed by atoms with Gasteiger partial charge in [0, 0.05) is 11.3 Å². The lowest BCUT2D eigenvalue weighted by molar-refractivity contribution is 0.247. The first-order valence-corrected chi connectivity index (χ1v) is 7.53. The number of hydrogen-bond acceptors (Lipinski definition) is 3. The van der Waals surface area contributed by atoms with E-state index in [1.807, 2.05) is 30.6 Å². The monoisotopic (exact) mass is 270 g/mol. The van der Waals surface area contributed by atoms with Crippen molar-refractivity contribution in [3.05, 3.63) is 30.6 Å². The van der Waals surface area contributed by atoms with Gasteiger partial charge in [-0.1, -0.05) is 26.2 Å². The van der Waals surface area contributed by atoms with Gasteiger partial charge in [-0.15, -0.1) is 0 Å². The molecule has 0 radical (unpaired) electrons. The van der Waals surface area contributed by atoms with Crippen molar-refractivity contribution in [2.24, 2.45) is 5.92 Å². The molecule has 2 unspecified atom stereocenters. The standard InChI is InChI=1S/C16H22N4/c1-2-12-4-3-5-15(10-12)20-11-18-16(19-20)13-6-8-14(17)9-7-13/h6-9,11-12,15H,2-5,10,17H2,1H3. The number of nitrogens with two attached hydrogens (primary N) is 1. The van der Waals surface area contributed by atoms with E-state index in [1.54, 1.807) is 0 Å². The molecule has 0 spiro atoms. The van der Waals surface area contributed by atoms with Crippen LogP contribution in [0, 0.1) is 5.92 Å². The first-order valence-electron chi connectivity index (χ1n) is 7.53. The number of aromatic nitrogens is 3. The van der Waals surface area contributed by atoms with E-state index in [4.69, 9.17) is 5.73 Å². The molecule has 1 heterocycles. The first-order chi connectivity index (χ1) is 9.76. The van der Waals surface area contributed by atoms with Gasteiger partial charge < -0.3 is 5.73 Å². The highest BCUT2D eigenvalue weighted by Gasteiger charge is 2.23. The van der Waals surface area contributed by atoms with E-state index in [9.17, 15) is 0 Å². The summed E-state index contributed by atoms with van der Waals surface area (Å²) in [4.78, 5) is 4.45. The number of benzene rings is 1. The van der Waals surface area contributed by atoms with E-state index >= 15 is 0 Å². The van der Waals surface area contributed by atoms with Gasteiger partial charge in [-0.25, -0.2) is 9.67 Å². The molecule has 106 valence electrons. The van der Waals surface area contributed by atoms with Crippen molar-refractivity contribution >= 4 is 5.69 Å². The molecule has 1 aromatic heterocycles. The summed E-state index contributed by atoms with van der Waals surface area (Å²) in [6.07, 6.45) is 8.29. The predicted molar refractivity (Wildman–Crippen MR) is 81.2 cm³/mol. The van der Waals surface area contributed by atoms with Crippen LogP contribution in [0.3, 0.4) is 0 Å². The van der Waals surface area contributed by atoms with Crippen molar-refractivity contribution in [3.8, 4) is 11.4 Å². The number of nitrogens with zero attached hydrogens (tertiary/aromatic N) is 3.